The number of nitrogens with one attached hydrogen (secondary N) is 1. The number of aromatic nitrogens is 4. The molecule has 188 valence electrons. The summed E-state index contributed by atoms with van der Waals surface area (Å²) in [6, 6.07) is 0. The monoisotopic (exact) mass is 463 g/mol. The molecule has 0 fully saturated rings. The van der Waals surface area contributed by atoms with E-state index in [1.807, 2.05) is 0 Å². The van der Waals surface area contributed by atoms with Crippen molar-refractivity contribution in [1.29, 1.82) is 0 Å². The molecule has 1 atom stereocenters. The normalized spacial score (nSPS) is 12.6. The summed E-state index contributed by atoms with van der Waals surface area (Å²) in [6.45, 7) is 3.81. The van der Waals surface area contributed by atoms with Crippen LogP contribution in [0.1, 0.15) is 90.4 Å². The number of hydrogen-bond acceptors (Lipinski definition) is 5. The van der Waals surface area contributed by atoms with Crippen LogP contribution in [-0.2, 0) is 20.6 Å². The van der Waals surface area contributed by atoms with Crippen LogP contribution in [0.4, 0.5) is 0 Å². The van der Waals surface area contributed by atoms with E-state index in [2.05, 4.69) is 17.2 Å². The van der Waals surface area contributed by atoms with Gasteiger partial charge in [-0.25, -0.2) is 9.78 Å². The Labute approximate surface area is 198 Å². The molecule has 2 aromatic rings. The molecule has 33 heavy (non-hydrogen) atoms. The highest BCUT2D eigenvalue weighted by atomic mass is 16.3. The Morgan fingerprint density at radius 2 is 1.52 bits per heavy atom. The second kappa shape index (κ2) is 15.1. The largest absolute Gasteiger partial charge is 0.392 e. The third-order valence-electron chi connectivity index (χ3n) is 6.47. The van der Waals surface area contributed by atoms with E-state index >= 15 is 0 Å². The predicted octanol–water partition coefficient (Wildman–Crippen LogP) is 3.48. The fourth-order valence-electron chi connectivity index (χ4n) is 4.33. The van der Waals surface area contributed by atoms with E-state index in [0.717, 1.165) is 13.0 Å². The number of aryl methyl sites for hydroxylation is 2. The highest BCUT2D eigenvalue weighted by Crippen LogP contribution is 2.11. The van der Waals surface area contributed by atoms with Gasteiger partial charge in [-0.2, -0.15) is 0 Å². The highest BCUT2D eigenvalue weighted by Gasteiger charge is 2.15. The molecule has 0 aromatic carbocycles. The van der Waals surface area contributed by atoms with E-state index < -0.39 is 11.8 Å². The van der Waals surface area contributed by atoms with Crippen LogP contribution in [0.15, 0.2) is 15.9 Å². The molecular weight excluding hydrogens is 418 g/mol. The fraction of sp³-hybridized carbons (Fsp3) is 0.800. The molecule has 8 heteroatoms. The Hall–Kier alpha value is -1.93. The summed E-state index contributed by atoms with van der Waals surface area (Å²) in [6.07, 6.45) is 17.2. The molecule has 0 saturated carbocycles. The SMILES string of the molecule is CCCCCCCCCCCCCCNCC(O)CCn1c(=O)c2c(ncn2C)n(C)c1=O. The third-order valence-corrected chi connectivity index (χ3v) is 6.47. The standard InChI is InChI=1S/C25H45N5O3/c1-4-5-6-7-8-9-10-11-12-13-14-15-17-26-19-21(31)16-18-30-24(32)22-23(27-20-28(22)2)29(3)25(30)33/h20-21,26,31H,4-19H2,1-3H3. The number of unbranched alkanes of at least 4 members (excludes halogenated alkanes) is 11. The van der Waals surface area contributed by atoms with Crippen LogP contribution in [0.2, 0.25) is 0 Å². The van der Waals surface area contributed by atoms with Gasteiger partial charge < -0.3 is 15.0 Å². The van der Waals surface area contributed by atoms with E-state index in [0.29, 0.717) is 24.1 Å². The van der Waals surface area contributed by atoms with Crippen molar-refractivity contribution >= 4 is 11.2 Å². The molecule has 0 radical (unpaired) electrons. The Balaban J connectivity index is 1.55. The summed E-state index contributed by atoms with van der Waals surface area (Å²) < 4.78 is 4.20. The molecule has 0 aliphatic carbocycles. The van der Waals surface area contributed by atoms with E-state index in [1.165, 1.54) is 86.1 Å². The summed E-state index contributed by atoms with van der Waals surface area (Å²) in [4.78, 5) is 29.3. The number of fused-ring (bicyclic) bond motifs is 1. The van der Waals surface area contributed by atoms with Gasteiger partial charge in [-0.3, -0.25) is 13.9 Å². The van der Waals surface area contributed by atoms with Crippen molar-refractivity contribution in [3.63, 3.8) is 0 Å². The molecule has 0 saturated heterocycles. The summed E-state index contributed by atoms with van der Waals surface area (Å²) in [5.41, 5.74) is 0.0256. The smallest absolute Gasteiger partial charge is 0.332 e. The van der Waals surface area contributed by atoms with Crippen molar-refractivity contribution in [2.45, 2.75) is 103 Å². The Morgan fingerprint density at radius 1 is 0.939 bits per heavy atom. The first kappa shape index (κ1) is 27.3. The van der Waals surface area contributed by atoms with Gasteiger partial charge in [0.25, 0.3) is 5.56 Å². The van der Waals surface area contributed by atoms with Crippen LogP contribution in [0.5, 0.6) is 0 Å². The summed E-state index contributed by atoms with van der Waals surface area (Å²) in [7, 11) is 3.35. The molecular formula is C25H45N5O3. The number of aliphatic hydroxyl groups excluding tert-OH is 1. The lowest BCUT2D eigenvalue weighted by molar-refractivity contribution is 0.154. The molecule has 2 heterocycles. The molecule has 1 unspecified atom stereocenters. The second-order valence-electron chi connectivity index (χ2n) is 9.36. The number of hydrogen-bond donors (Lipinski definition) is 2. The van der Waals surface area contributed by atoms with Gasteiger partial charge in [0.1, 0.15) is 0 Å². The molecule has 0 amide bonds. The Bertz CT molecular complexity index is 930. The van der Waals surface area contributed by atoms with E-state index in [-0.39, 0.29) is 12.1 Å². The molecule has 0 aliphatic heterocycles. The van der Waals surface area contributed by atoms with E-state index in [4.69, 9.17) is 0 Å². The number of nitrogens with zero attached hydrogens (tertiary/aromatic N) is 4. The molecule has 0 aliphatic rings. The minimum Gasteiger partial charge on any atom is -0.392 e. The minimum atomic E-state index is -0.596. The van der Waals surface area contributed by atoms with Gasteiger partial charge in [-0.1, -0.05) is 77.6 Å². The minimum absolute atomic E-state index is 0.189. The van der Waals surface area contributed by atoms with Gasteiger partial charge in [0, 0.05) is 27.2 Å². The quantitative estimate of drug-likeness (QED) is 0.330. The van der Waals surface area contributed by atoms with Crippen molar-refractivity contribution in [3.8, 4) is 0 Å². The maximum absolute atomic E-state index is 12.7. The van der Waals surface area contributed by atoms with Crippen LogP contribution in [0.25, 0.3) is 11.2 Å². The van der Waals surface area contributed by atoms with Gasteiger partial charge in [0.05, 0.1) is 12.4 Å². The maximum Gasteiger partial charge on any atom is 0.332 e. The molecule has 2 rings (SSSR count). The zero-order valence-corrected chi connectivity index (χ0v) is 21.0. The fourth-order valence-corrected chi connectivity index (χ4v) is 4.33. The zero-order valence-electron chi connectivity index (χ0n) is 21.0. The second-order valence-corrected chi connectivity index (χ2v) is 9.36. The number of imidazole rings is 1. The number of aliphatic hydroxyl groups is 1. The van der Waals surface area contributed by atoms with Crippen LogP contribution in [-0.4, -0.2) is 43.0 Å². The number of rotatable bonds is 18. The van der Waals surface area contributed by atoms with Crippen LogP contribution < -0.4 is 16.6 Å². The van der Waals surface area contributed by atoms with Crippen molar-refractivity contribution in [2.24, 2.45) is 14.1 Å². The van der Waals surface area contributed by atoms with Crippen LogP contribution in [0.3, 0.4) is 0 Å². The highest BCUT2D eigenvalue weighted by molar-refractivity contribution is 5.69. The molecule has 0 spiro atoms. The first-order valence-corrected chi connectivity index (χ1v) is 13.0. The Kier molecular flexibility index (Phi) is 12.5. The summed E-state index contributed by atoms with van der Waals surface area (Å²) in [5, 5.41) is 13.6. The van der Waals surface area contributed by atoms with Crippen molar-refractivity contribution < 1.29 is 5.11 Å². The zero-order chi connectivity index (χ0) is 24.1. The van der Waals surface area contributed by atoms with Crippen LogP contribution >= 0.6 is 0 Å². The van der Waals surface area contributed by atoms with Crippen molar-refractivity contribution in [2.75, 3.05) is 13.1 Å². The van der Waals surface area contributed by atoms with Gasteiger partial charge in [-0.05, 0) is 19.4 Å². The van der Waals surface area contributed by atoms with Gasteiger partial charge in [0.2, 0.25) is 0 Å². The van der Waals surface area contributed by atoms with Crippen molar-refractivity contribution in [1.82, 2.24) is 24.0 Å². The topological polar surface area (TPSA) is 94.1 Å². The van der Waals surface area contributed by atoms with Crippen LogP contribution in [0, 0.1) is 0 Å². The molecule has 2 N–H and O–H groups in total. The van der Waals surface area contributed by atoms with Gasteiger partial charge >= 0.3 is 5.69 Å². The molecule has 2 aromatic heterocycles. The lowest BCUT2D eigenvalue weighted by atomic mass is 10.1. The molecule has 0 bridgehead atoms. The maximum atomic E-state index is 12.7. The van der Waals surface area contributed by atoms with E-state index in [1.54, 1.807) is 18.7 Å². The average Bonchev–Trinajstić information content (AvgIpc) is 3.19. The summed E-state index contributed by atoms with van der Waals surface area (Å²) in [5.74, 6) is 0. The lowest BCUT2D eigenvalue weighted by Gasteiger charge is -2.13. The van der Waals surface area contributed by atoms with Crippen molar-refractivity contribution in [3.05, 3.63) is 27.2 Å². The summed E-state index contributed by atoms with van der Waals surface area (Å²) >= 11 is 0. The third kappa shape index (κ3) is 8.74. The van der Waals surface area contributed by atoms with Gasteiger partial charge in [0.15, 0.2) is 11.2 Å². The Morgan fingerprint density at radius 3 is 2.12 bits per heavy atom. The first-order chi connectivity index (χ1) is 16.0. The molecule has 8 nitrogen and oxygen atoms in total. The lowest BCUT2D eigenvalue weighted by Crippen LogP contribution is -2.40. The first-order valence-electron chi connectivity index (χ1n) is 13.0. The van der Waals surface area contributed by atoms with E-state index in [9.17, 15) is 14.7 Å². The van der Waals surface area contributed by atoms with Gasteiger partial charge in [-0.15, -0.1) is 0 Å². The predicted molar refractivity (Wildman–Crippen MR) is 135 cm³/mol. The average molecular weight is 464 g/mol.